The summed E-state index contributed by atoms with van der Waals surface area (Å²) in [5, 5.41) is 1.20. The molecule has 1 aromatic rings. The molecule has 1 aromatic carbocycles. The minimum Gasteiger partial charge on any atom is -0.370 e. The SMILES string of the molecule is CC1(C(=O)N=C(N)N)CC1c1cc(Cl)ccc1Cl. The van der Waals surface area contributed by atoms with Crippen LogP contribution in [-0.4, -0.2) is 11.9 Å². The van der Waals surface area contributed by atoms with Gasteiger partial charge in [0.05, 0.1) is 5.41 Å². The summed E-state index contributed by atoms with van der Waals surface area (Å²) in [5.74, 6) is -0.521. The first-order chi connectivity index (χ1) is 8.34. The van der Waals surface area contributed by atoms with E-state index in [0.717, 1.165) is 5.56 Å². The van der Waals surface area contributed by atoms with Crippen LogP contribution in [0.2, 0.25) is 10.0 Å². The maximum absolute atomic E-state index is 11.9. The highest BCUT2D eigenvalue weighted by Crippen LogP contribution is 2.61. The lowest BCUT2D eigenvalue weighted by molar-refractivity contribution is -0.122. The predicted molar refractivity (Wildman–Crippen MR) is 72.7 cm³/mol. The summed E-state index contributed by atoms with van der Waals surface area (Å²) in [6.07, 6.45) is 0.669. The molecule has 0 spiro atoms. The maximum atomic E-state index is 11.9. The molecule has 0 saturated heterocycles. The van der Waals surface area contributed by atoms with Crippen molar-refractivity contribution in [2.75, 3.05) is 0 Å². The number of carbonyl (C=O) groups excluding carboxylic acids is 1. The molecule has 2 rings (SSSR count). The second kappa shape index (κ2) is 4.44. The van der Waals surface area contributed by atoms with E-state index in [2.05, 4.69) is 4.99 Å². The molecule has 0 aromatic heterocycles. The largest absolute Gasteiger partial charge is 0.370 e. The molecule has 0 heterocycles. The van der Waals surface area contributed by atoms with Crippen molar-refractivity contribution in [1.29, 1.82) is 0 Å². The number of hydrogen-bond acceptors (Lipinski definition) is 1. The monoisotopic (exact) mass is 285 g/mol. The number of aliphatic imine (C=N–C) groups is 1. The Morgan fingerprint density at radius 2 is 2.11 bits per heavy atom. The Hall–Kier alpha value is -1.26. The van der Waals surface area contributed by atoms with Crippen LogP contribution in [0.1, 0.15) is 24.8 Å². The zero-order valence-corrected chi connectivity index (χ0v) is 11.3. The third kappa shape index (κ3) is 2.31. The molecular formula is C12H13Cl2N3O. The third-order valence-corrected chi connectivity index (χ3v) is 3.87. The highest BCUT2D eigenvalue weighted by molar-refractivity contribution is 6.33. The molecule has 2 atom stereocenters. The second-order valence-corrected chi connectivity index (χ2v) is 5.53. The number of amides is 1. The first-order valence-electron chi connectivity index (χ1n) is 5.43. The van der Waals surface area contributed by atoms with Crippen molar-refractivity contribution in [3.63, 3.8) is 0 Å². The molecule has 1 aliphatic rings. The number of guanidine groups is 1. The van der Waals surface area contributed by atoms with E-state index in [-0.39, 0.29) is 17.8 Å². The van der Waals surface area contributed by atoms with Crippen molar-refractivity contribution in [3.8, 4) is 0 Å². The molecule has 0 aliphatic heterocycles. The van der Waals surface area contributed by atoms with E-state index < -0.39 is 5.41 Å². The number of halogens is 2. The van der Waals surface area contributed by atoms with Gasteiger partial charge in [-0.15, -0.1) is 0 Å². The molecule has 18 heavy (non-hydrogen) atoms. The van der Waals surface area contributed by atoms with Crippen LogP contribution in [-0.2, 0) is 4.79 Å². The fourth-order valence-electron chi connectivity index (χ4n) is 2.08. The van der Waals surface area contributed by atoms with Crippen LogP contribution >= 0.6 is 23.2 Å². The fourth-order valence-corrected chi connectivity index (χ4v) is 2.51. The molecule has 96 valence electrons. The average molecular weight is 286 g/mol. The van der Waals surface area contributed by atoms with E-state index in [9.17, 15) is 4.79 Å². The lowest BCUT2D eigenvalue weighted by Crippen LogP contribution is -2.26. The van der Waals surface area contributed by atoms with Crippen molar-refractivity contribution in [3.05, 3.63) is 33.8 Å². The van der Waals surface area contributed by atoms with Gasteiger partial charge >= 0.3 is 0 Å². The summed E-state index contributed by atoms with van der Waals surface area (Å²) in [5.41, 5.74) is 10.7. The van der Waals surface area contributed by atoms with Gasteiger partial charge < -0.3 is 11.5 Å². The predicted octanol–water partition coefficient (Wildman–Crippen LogP) is 2.29. The van der Waals surface area contributed by atoms with Gasteiger partial charge in [0.1, 0.15) is 0 Å². The number of rotatable bonds is 2. The Labute approximate surface area is 115 Å². The van der Waals surface area contributed by atoms with Gasteiger partial charge in [-0.2, -0.15) is 4.99 Å². The normalized spacial score (nSPS) is 25.6. The van der Waals surface area contributed by atoms with Crippen molar-refractivity contribution < 1.29 is 4.79 Å². The van der Waals surface area contributed by atoms with E-state index in [1.165, 1.54) is 0 Å². The fraction of sp³-hybridized carbons (Fsp3) is 0.333. The molecule has 1 aliphatic carbocycles. The van der Waals surface area contributed by atoms with Crippen molar-refractivity contribution in [2.24, 2.45) is 21.9 Å². The Bertz CT molecular complexity index is 540. The summed E-state index contributed by atoms with van der Waals surface area (Å²) in [6, 6.07) is 5.22. The van der Waals surface area contributed by atoms with Gasteiger partial charge in [-0.25, -0.2) is 0 Å². The van der Waals surface area contributed by atoms with E-state index >= 15 is 0 Å². The highest BCUT2D eigenvalue weighted by Gasteiger charge is 2.57. The van der Waals surface area contributed by atoms with Crippen molar-refractivity contribution in [2.45, 2.75) is 19.3 Å². The van der Waals surface area contributed by atoms with Crippen molar-refractivity contribution >= 4 is 35.1 Å². The van der Waals surface area contributed by atoms with Gasteiger partial charge in [-0.1, -0.05) is 30.1 Å². The van der Waals surface area contributed by atoms with Crippen LogP contribution in [0.15, 0.2) is 23.2 Å². The smallest absolute Gasteiger partial charge is 0.255 e. The number of hydrogen-bond donors (Lipinski definition) is 2. The summed E-state index contributed by atoms with van der Waals surface area (Å²) < 4.78 is 0. The van der Waals surface area contributed by atoms with Gasteiger partial charge in [0.15, 0.2) is 5.96 Å². The topological polar surface area (TPSA) is 81.5 Å². The van der Waals surface area contributed by atoms with Crippen LogP contribution in [0.5, 0.6) is 0 Å². The second-order valence-electron chi connectivity index (χ2n) is 4.68. The maximum Gasteiger partial charge on any atom is 0.255 e. The molecule has 4 N–H and O–H groups in total. The van der Waals surface area contributed by atoms with Gasteiger partial charge in [0.25, 0.3) is 5.91 Å². The van der Waals surface area contributed by atoms with Crippen LogP contribution in [0, 0.1) is 5.41 Å². The minimum atomic E-state index is -0.585. The number of nitrogens with zero attached hydrogens (tertiary/aromatic N) is 1. The summed E-state index contributed by atoms with van der Waals surface area (Å²) in [6.45, 7) is 1.82. The Morgan fingerprint density at radius 1 is 1.44 bits per heavy atom. The molecule has 6 heteroatoms. The zero-order chi connectivity index (χ0) is 13.5. The highest BCUT2D eigenvalue weighted by atomic mass is 35.5. The van der Waals surface area contributed by atoms with Crippen LogP contribution in [0.3, 0.4) is 0 Å². The van der Waals surface area contributed by atoms with Crippen LogP contribution in [0.25, 0.3) is 0 Å². The Kier molecular flexibility index (Phi) is 3.25. The molecule has 0 bridgehead atoms. The van der Waals surface area contributed by atoms with Crippen molar-refractivity contribution in [1.82, 2.24) is 0 Å². The number of carbonyl (C=O) groups is 1. The zero-order valence-electron chi connectivity index (χ0n) is 9.78. The van der Waals surface area contributed by atoms with Gasteiger partial charge in [0.2, 0.25) is 0 Å². The summed E-state index contributed by atoms with van der Waals surface area (Å²) >= 11 is 12.0. The van der Waals surface area contributed by atoms with Gasteiger partial charge in [-0.3, -0.25) is 4.79 Å². The van der Waals surface area contributed by atoms with E-state index in [0.29, 0.717) is 16.5 Å². The Morgan fingerprint density at radius 3 is 2.72 bits per heavy atom. The van der Waals surface area contributed by atoms with E-state index in [1.54, 1.807) is 18.2 Å². The first-order valence-corrected chi connectivity index (χ1v) is 6.19. The first kappa shape index (κ1) is 13.2. The number of nitrogens with two attached hydrogens (primary N) is 2. The molecule has 4 nitrogen and oxygen atoms in total. The summed E-state index contributed by atoms with van der Waals surface area (Å²) in [4.78, 5) is 15.5. The van der Waals surface area contributed by atoms with Crippen LogP contribution in [0.4, 0.5) is 0 Å². The molecule has 0 radical (unpaired) electrons. The van der Waals surface area contributed by atoms with E-state index in [4.69, 9.17) is 34.7 Å². The molecule has 1 saturated carbocycles. The minimum absolute atomic E-state index is 0.0132. The Balaban J connectivity index is 2.27. The quantitative estimate of drug-likeness (QED) is 0.646. The number of benzene rings is 1. The van der Waals surface area contributed by atoms with Crippen LogP contribution < -0.4 is 11.5 Å². The lowest BCUT2D eigenvalue weighted by atomic mass is 10.0. The van der Waals surface area contributed by atoms with Gasteiger partial charge in [-0.05, 0) is 30.2 Å². The summed E-state index contributed by atoms with van der Waals surface area (Å²) in [7, 11) is 0. The van der Waals surface area contributed by atoms with E-state index in [1.807, 2.05) is 6.92 Å². The molecule has 1 amide bonds. The van der Waals surface area contributed by atoms with Gasteiger partial charge in [0, 0.05) is 16.0 Å². The average Bonchev–Trinajstić information content (AvgIpc) is 2.95. The standard InChI is InChI=1S/C12H13Cl2N3O/c1-12(10(18)17-11(15)16)5-8(12)7-4-6(13)2-3-9(7)14/h2-4,8H,5H2,1H3,(H4,15,16,17,18). The molecular weight excluding hydrogens is 273 g/mol. The molecule has 1 fully saturated rings. The molecule has 2 unspecified atom stereocenters. The lowest BCUT2D eigenvalue weighted by Gasteiger charge is -2.09. The third-order valence-electron chi connectivity index (χ3n) is 3.29.